The third-order valence-electron chi connectivity index (χ3n) is 5.79. The molecule has 4 nitrogen and oxygen atoms in total. The van der Waals surface area contributed by atoms with E-state index in [9.17, 15) is 4.79 Å². The van der Waals surface area contributed by atoms with Crippen LogP contribution in [0.4, 0.5) is 0 Å². The number of hydrogen-bond donors (Lipinski definition) is 1. The van der Waals surface area contributed by atoms with Crippen molar-refractivity contribution in [3.8, 4) is 0 Å². The quantitative estimate of drug-likeness (QED) is 0.711. The van der Waals surface area contributed by atoms with E-state index in [0.717, 1.165) is 47.2 Å². The molecular weight excluding hydrogens is 392 g/mol. The second-order valence-corrected chi connectivity index (χ2v) is 8.65. The molecule has 2 fully saturated rings. The van der Waals surface area contributed by atoms with E-state index in [-0.39, 0.29) is 5.91 Å². The molecule has 1 aromatic heterocycles. The summed E-state index contributed by atoms with van der Waals surface area (Å²) in [6.07, 6.45) is 9.80. The predicted octanol–water partition coefficient (Wildman–Crippen LogP) is 4.75. The van der Waals surface area contributed by atoms with Gasteiger partial charge in [-0.2, -0.15) is 0 Å². The molecule has 1 aliphatic heterocycles. The third-order valence-corrected chi connectivity index (χ3v) is 6.45. The summed E-state index contributed by atoms with van der Waals surface area (Å²) in [6, 6.07) is 6.15. The Labute approximate surface area is 163 Å². The van der Waals surface area contributed by atoms with Crippen LogP contribution in [0.25, 0.3) is 10.9 Å². The van der Waals surface area contributed by atoms with E-state index in [1.807, 2.05) is 18.3 Å². The summed E-state index contributed by atoms with van der Waals surface area (Å²) in [5.41, 5.74) is 1.90. The molecule has 1 N–H and O–H groups in total. The van der Waals surface area contributed by atoms with Crippen LogP contribution in [0.1, 0.15) is 48.9 Å². The highest BCUT2D eigenvalue weighted by Gasteiger charge is 2.23. The molecule has 0 atom stereocenters. The Kier molecular flexibility index (Phi) is 5.65. The maximum atomic E-state index is 13.0. The number of carbonyl (C=O) groups excluding carboxylic acids is 1. The molecule has 4 rings (SSSR count). The van der Waals surface area contributed by atoms with Crippen molar-refractivity contribution in [1.29, 1.82) is 0 Å². The Balaban J connectivity index is 1.53. The van der Waals surface area contributed by atoms with E-state index in [4.69, 9.17) is 4.74 Å². The van der Waals surface area contributed by atoms with E-state index in [0.29, 0.717) is 11.8 Å². The second kappa shape index (κ2) is 8.13. The maximum Gasteiger partial charge on any atom is 0.253 e. The van der Waals surface area contributed by atoms with Gasteiger partial charge in [-0.3, -0.25) is 4.79 Å². The van der Waals surface area contributed by atoms with Crippen molar-refractivity contribution in [2.24, 2.45) is 11.8 Å². The smallest absolute Gasteiger partial charge is 0.253 e. The SMILES string of the molecule is O=C(NCC1CCCCCC1)c1cn(CC2COC2)c2cccc(Br)c12. The molecule has 1 saturated carbocycles. The lowest BCUT2D eigenvalue weighted by Gasteiger charge is -2.26. The summed E-state index contributed by atoms with van der Waals surface area (Å²) in [5, 5.41) is 4.23. The predicted molar refractivity (Wildman–Crippen MR) is 107 cm³/mol. The van der Waals surface area contributed by atoms with Crippen molar-refractivity contribution >= 4 is 32.7 Å². The first-order valence-electron chi connectivity index (χ1n) is 9.85. The summed E-state index contributed by atoms with van der Waals surface area (Å²) >= 11 is 3.65. The molecule has 26 heavy (non-hydrogen) atoms. The van der Waals surface area contributed by atoms with Gasteiger partial charge in [0.15, 0.2) is 0 Å². The Bertz CT molecular complexity index is 774. The number of fused-ring (bicyclic) bond motifs is 1. The highest BCUT2D eigenvalue weighted by atomic mass is 79.9. The number of nitrogens with one attached hydrogen (secondary N) is 1. The van der Waals surface area contributed by atoms with Gasteiger partial charge in [-0.05, 0) is 30.9 Å². The highest BCUT2D eigenvalue weighted by Crippen LogP contribution is 2.30. The lowest BCUT2D eigenvalue weighted by Crippen LogP contribution is -2.31. The standard InChI is InChI=1S/C21H27BrN2O2/c22-18-8-5-9-19-20(18)17(12-24(19)11-16-13-26-14-16)21(25)23-10-15-6-3-1-2-4-7-15/h5,8-9,12,15-16H,1-4,6-7,10-11,13-14H2,(H,23,25). The van der Waals surface area contributed by atoms with Crippen molar-refractivity contribution in [2.75, 3.05) is 19.8 Å². The van der Waals surface area contributed by atoms with Crippen molar-refractivity contribution in [2.45, 2.75) is 45.1 Å². The molecule has 2 heterocycles. The van der Waals surface area contributed by atoms with Gasteiger partial charge in [-0.15, -0.1) is 0 Å². The van der Waals surface area contributed by atoms with E-state index in [2.05, 4.69) is 31.9 Å². The maximum absolute atomic E-state index is 13.0. The number of amides is 1. The zero-order valence-electron chi connectivity index (χ0n) is 15.2. The van der Waals surface area contributed by atoms with Crippen LogP contribution in [0.3, 0.4) is 0 Å². The minimum Gasteiger partial charge on any atom is -0.381 e. The molecule has 0 bridgehead atoms. The zero-order chi connectivity index (χ0) is 17.9. The molecule has 2 aliphatic rings. The lowest BCUT2D eigenvalue weighted by atomic mass is 10.0. The van der Waals surface area contributed by atoms with Gasteiger partial charge in [-0.1, -0.05) is 47.7 Å². The summed E-state index contributed by atoms with van der Waals surface area (Å²) in [6.45, 7) is 3.34. The number of hydrogen-bond acceptors (Lipinski definition) is 2. The van der Waals surface area contributed by atoms with Crippen LogP contribution in [0.15, 0.2) is 28.9 Å². The van der Waals surface area contributed by atoms with Crippen molar-refractivity contribution in [3.63, 3.8) is 0 Å². The fourth-order valence-corrected chi connectivity index (χ4v) is 4.77. The van der Waals surface area contributed by atoms with Crippen molar-refractivity contribution in [1.82, 2.24) is 9.88 Å². The number of rotatable bonds is 5. The average Bonchev–Trinajstić information content (AvgIpc) is 2.78. The first-order valence-corrected chi connectivity index (χ1v) is 10.6. The molecule has 0 unspecified atom stereocenters. The average molecular weight is 419 g/mol. The molecule has 1 saturated heterocycles. The Morgan fingerprint density at radius 2 is 1.92 bits per heavy atom. The fourth-order valence-electron chi connectivity index (χ4n) is 4.20. The Hall–Kier alpha value is -1.33. The van der Waals surface area contributed by atoms with Crippen LogP contribution in [-0.4, -0.2) is 30.2 Å². The summed E-state index contributed by atoms with van der Waals surface area (Å²) < 4.78 is 8.51. The van der Waals surface area contributed by atoms with Crippen LogP contribution in [0.2, 0.25) is 0 Å². The number of carbonyl (C=O) groups is 1. The van der Waals surface area contributed by atoms with Crippen molar-refractivity contribution < 1.29 is 9.53 Å². The van der Waals surface area contributed by atoms with Gasteiger partial charge in [0.2, 0.25) is 0 Å². The number of aromatic nitrogens is 1. The summed E-state index contributed by atoms with van der Waals surface area (Å²) in [7, 11) is 0. The van der Waals surface area contributed by atoms with Gasteiger partial charge in [0.05, 0.1) is 18.8 Å². The van der Waals surface area contributed by atoms with Gasteiger partial charge < -0.3 is 14.6 Å². The fraction of sp³-hybridized carbons (Fsp3) is 0.571. The van der Waals surface area contributed by atoms with Crippen LogP contribution in [-0.2, 0) is 11.3 Å². The summed E-state index contributed by atoms with van der Waals surface area (Å²) in [4.78, 5) is 13.0. The first kappa shape index (κ1) is 18.1. The van der Waals surface area contributed by atoms with E-state index >= 15 is 0 Å². The van der Waals surface area contributed by atoms with E-state index in [1.165, 1.54) is 38.5 Å². The number of benzene rings is 1. The minimum atomic E-state index is 0.0507. The molecule has 2 aromatic rings. The van der Waals surface area contributed by atoms with Crippen molar-refractivity contribution in [3.05, 3.63) is 34.4 Å². The Morgan fingerprint density at radius 3 is 2.62 bits per heavy atom. The highest BCUT2D eigenvalue weighted by molar-refractivity contribution is 9.10. The molecule has 0 spiro atoms. The second-order valence-electron chi connectivity index (χ2n) is 7.80. The molecule has 1 aromatic carbocycles. The molecule has 140 valence electrons. The van der Waals surface area contributed by atoms with E-state index in [1.54, 1.807) is 0 Å². The van der Waals surface area contributed by atoms with E-state index < -0.39 is 0 Å². The monoisotopic (exact) mass is 418 g/mol. The molecular formula is C21H27BrN2O2. The lowest BCUT2D eigenvalue weighted by molar-refractivity contribution is -0.0388. The largest absolute Gasteiger partial charge is 0.381 e. The van der Waals surface area contributed by atoms with Crippen LogP contribution in [0.5, 0.6) is 0 Å². The van der Waals surface area contributed by atoms with Gasteiger partial charge in [0.1, 0.15) is 0 Å². The van der Waals surface area contributed by atoms with Gasteiger partial charge >= 0.3 is 0 Å². The Morgan fingerprint density at radius 1 is 1.15 bits per heavy atom. The van der Waals surface area contributed by atoms with Crippen LogP contribution < -0.4 is 5.32 Å². The molecule has 1 amide bonds. The zero-order valence-corrected chi connectivity index (χ0v) is 16.8. The van der Waals surface area contributed by atoms with Gasteiger partial charge in [-0.25, -0.2) is 0 Å². The molecule has 5 heteroatoms. The number of halogens is 1. The van der Waals surface area contributed by atoms with Crippen LogP contribution >= 0.6 is 15.9 Å². The normalized spacial score (nSPS) is 19.3. The van der Waals surface area contributed by atoms with Gasteiger partial charge in [0.25, 0.3) is 5.91 Å². The summed E-state index contributed by atoms with van der Waals surface area (Å²) in [5.74, 6) is 1.23. The third kappa shape index (κ3) is 3.84. The minimum absolute atomic E-state index is 0.0507. The van der Waals surface area contributed by atoms with Gasteiger partial charge in [0, 0.05) is 40.6 Å². The van der Waals surface area contributed by atoms with Crippen LogP contribution in [0, 0.1) is 11.8 Å². The molecule has 1 aliphatic carbocycles. The topological polar surface area (TPSA) is 43.3 Å². The number of nitrogens with zero attached hydrogens (tertiary/aromatic N) is 1. The molecule has 0 radical (unpaired) electrons. The number of ether oxygens (including phenoxy) is 1. The first-order chi connectivity index (χ1) is 12.7.